The number of hydrogen-bond donors (Lipinski definition) is 1. The lowest BCUT2D eigenvalue weighted by Crippen LogP contribution is -2.17. The molecule has 0 saturated carbocycles. The van der Waals surface area contributed by atoms with Crippen LogP contribution in [0.15, 0.2) is 18.5 Å². The predicted octanol–water partition coefficient (Wildman–Crippen LogP) is 0.571. The summed E-state index contributed by atoms with van der Waals surface area (Å²) in [5.41, 5.74) is 7.07. The summed E-state index contributed by atoms with van der Waals surface area (Å²) in [6.45, 7) is 1.67. The Kier molecular flexibility index (Phi) is 3.65. The third-order valence-electron chi connectivity index (χ3n) is 1.79. The Bertz CT molecular complexity index is 431. The molecule has 15 heavy (non-hydrogen) atoms. The van der Waals surface area contributed by atoms with Crippen LogP contribution in [0.5, 0.6) is 0 Å². The summed E-state index contributed by atoms with van der Waals surface area (Å²) in [5.74, 6) is 0. The maximum Gasteiger partial charge on any atom is 0.264 e. The summed E-state index contributed by atoms with van der Waals surface area (Å²) in [6, 6.07) is 1.67. The Morgan fingerprint density at radius 3 is 2.80 bits per heavy atom. The van der Waals surface area contributed by atoms with E-state index in [9.17, 15) is 8.42 Å². The van der Waals surface area contributed by atoms with Crippen LogP contribution in [-0.4, -0.2) is 25.8 Å². The average Bonchev–Trinajstić information content (AvgIpc) is 2.05. The molecule has 0 fully saturated rings. The molecule has 0 aliphatic heterocycles. The lowest BCUT2D eigenvalue weighted by atomic mass is 10.1. The molecular formula is C9H14N2O3S. The molecule has 2 N–H and O–H groups in total. The van der Waals surface area contributed by atoms with Crippen LogP contribution in [-0.2, 0) is 20.7 Å². The first kappa shape index (κ1) is 11.9. The monoisotopic (exact) mass is 230 g/mol. The molecule has 1 heterocycles. The van der Waals surface area contributed by atoms with E-state index in [2.05, 4.69) is 4.98 Å². The van der Waals surface area contributed by atoms with E-state index < -0.39 is 16.2 Å². The van der Waals surface area contributed by atoms with Gasteiger partial charge in [0, 0.05) is 24.5 Å². The van der Waals surface area contributed by atoms with Crippen molar-refractivity contribution in [3.63, 3.8) is 0 Å². The Morgan fingerprint density at radius 1 is 1.60 bits per heavy atom. The van der Waals surface area contributed by atoms with Crippen molar-refractivity contribution in [3.8, 4) is 0 Å². The number of nitrogens with zero attached hydrogens (tertiary/aromatic N) is 1. The van der Waals surface area contributed by atoms with Crippen molar-refractivity contribution in [2.75, 3.05) is 12.0 Å². The van der Waals surface area contributed by atoms with Crippen molar-refractivity contribution in [1.29, 1.82) is 0 Å². The summed E-state index contributed by atoms with van der Waals surface area (Å²) in [4.78, 5) is 3.91. The Balaban J connectivity index is 2.67. The van der Waals surface area contributed by atoms with E-state index in [1.165, 1.54) is 0 Å². The zero-order chi connectivity index (χ0) is 11.5. The SMILES string of the molecule is CC(Cc1cnccc1N)OS(C)(=O)=O. The van der Waals surface area contributed by atoms with Gasteiger partial charge in [-0.15, -0.1) is 0 Å². The molecule has 0 aromatic carbocycles. The van der Waals surface area contributed by atoms with E-state index in [-0.39, 0.29) is 0 Å². The predicted molar refractivity (Wildman–Crippen MR) is 57.7 cm³/mol. The van der Waals surface area contributed by atoms with Crippen LogP contribution >= 0.6 is 0 Å². The molecule has 0 bridgehead atoms. The lowest BCUT2D eigenvalue weighted by molar-refractivity contribution is 0.232. The fourth-order valence-corrected chi connectivity index (χ4v) is 1.92. The van der Waals surface area contributed by atoms with Crippen molar-refractivity contribution in [1.82, 2.24) is 4.98 Å². The number of nitrogens with two attached hydrogens (primary N) is 1. The van der Waals surface area contributed by atoms with E-state index >= 15 is 0 Å². The van der Waals surface area contributed by atoms with Crippen LogP contribution in [0.3, 0.4) is 0 Å². The molecule has 1 aromatic rings. The first-order chi connectivity index (χ1) is 6.88. The van der Waals surface area contributed by atoms with Crippen LogP contribution in [0.25, 0.3) is 0 Å². The van der Waals surface area contributed by atoms with Gasteiger partial charge in [0.1, 0.15) is 0 Å². The smallest absolute Gasteiger partial charge is 0.264 e. The largest absolute Gasteiger partial charge is 0.398 e. The quantitative estimate of drug-likeness (QED) is 0.765. The Hall–Kier alpha value is -1.14. The highest BCUT2D eigenvalue weighted by Crippen LogP contribution is 2.13. The fourth-order valence-electron chi connectivity index (χ4n) is 1.25. The van der Waals surface area contributed by atoms with Crippen LogP contribution in [0.1, 0.15) is 12.5 Å². The van der Waals surface area contributed by atoms with Crippen molar-refractivity contribution in [3.05, 3.63) is 24.0 Å². The molecule has 84 valence electrons. The van der Waals surface area contributed by atoms with Gasteiger partial charge in [-0.3, -0.25) is 9.17 Å². The van der Waals surface area contributed by atoms with Crippen molar-refractivity contribution >= 4 is 15.8 Å². The third-order valence-corrected chi connectivity index (χ3v) is 2.47. The third kappa shape index (κ3) is 4.26. The molecule has 0 aliphatic carbocycles. The molecule has 1 aromatic heterocycles. The molecule has 0 saturated heterocycles. The summed E-state index contributed by atoms with van der Waals surface area (Å²) >= 11 is 0. The molecule has 1 unspecified atom stereocenters. The van der Waals surface area contributed by atoms with E-state index in [4.69, 9.17) is 9.92 Å². The second-order valence-corrected chi connectivity index (χ2v) is 4.99. The second-order valence-electron chi connectivity index (χ2n) is 3.39. The normalized spacial score (nSPS) is 13.7. The summed E-state index contributed by atoms with van der Waals surface area (Å²) in [7, 11) is -3.42. The number of pyridine rings is 1. The minimum absolute atomic E-state index is 0.423. The summed E-state index contributed by atoms with van der Waals surface area (Å²) in [6.07, 6.45) is 4.20. The summed E-state index contributed by atoms with van der Waals surface area (Å²) in [5, 5.41) is 0. The van der Waals surface area contributed by atoms with Gasteiger partial charge in [-0.2, -0.15) is 8.42 Å². The maximum atomic E-state index is 10.8. The van der Waals surface area contributed by atoms with Crippen molar-refractivity contribution < 1.29 is 12.6 Å². The van der Waals surface area contributed by atoms with Crippen LogP contribution in [0, 0.1) is 0 Å². The molecule has 6 heteroatoms. The van der Waals surface area contributed by atoms with Gasteiger partial charge in [-0.25, -0.2) is 0 Å². The molecule has 0 radical (unpaired) electrons. The minimum atomic E-state index is -3.42. The van der Waals surface area contributed by atoms with E-state index in [0.29, 0.717) is 12.1 Å². The molecular weight excluding hydrogens is 216 g/mol. The maximum absolute atomic E-state index is 10.8. The number of hydrogen-bond acceptors (Lipinski definition) is 5. The first-order valence-electron chi connectivity index (χ1n) is 4.45. The number of aromatic nitrogens is 1. The summed E-state index contributed by atoms with van der Waals surface area (Å²) < 4.78 is 26.5. The van der Waals surface area contributed by atoms with Gasteiger partial charge in [-0.05, 0) is 18.6 Å². The molecule has 1 atom stereocenters. The highest BCUT2D eigenvalue weighted by molar-refractivity contribution is 7.86. The molecule has 0 amide bonds. The number of anilines is 1. The van der Waals surface area contributed by atoms with Crippen LogP contribution < -0.4 is 5.73 Å². The standard InChI is InChI=1S/C9H14N2O3S/c1-7(14-15(2,12)13)5-8-6-11-4-3-9(8)10/h3-4,6-7H,5H2,1-2H3,(H2,10,11). The van der Waals surface area contributed by atoms with E-state index in [1.807, 2.05) is 0 Å². The topological polar surface area (TPSA) is 82.3 Å². The Morgan fingerprint density at radius 2 is 2.27 bits per heavy atom. The van der Waals surface area contributed by atoms with Gasteiger partial charge >= 0.3 is 0 Å². The highest BCUT2D eigenvalue weighted by Gasteiger charge is 2.12. The van der Waals surface area contributed by atoms with Gasteiger partial charge in [0.05, 0.1) is 12.4 Å². The van der Waals surface area contributed by atoms with Crippen LogP contribution in [0.2, 0.25) is 0 Å². The molecule has 1 rings (SSSR count). The lowest BCUT2D eigenvalue weighted by Gasteiger charge is -2.11. The zero-order valence-electron chi connectivity index (χ0n) is 8.67. The molecule has 0 aliphatic rings. The minimum Gasteiger partial charge on any atom is -0.398 e. The number of rotatable bonds is 4. The van der Waals surface area contributed by atoms with Gasteiger partial charge in [0.15, 0.2) is 0 Å². The van der Waals surface area contributed by atoms with Crippen LogP contribution in [0.4, 0.5) is 5.69 Å². The van der Waals surface area contributed by atoms with Gasteiger partial charge in [0.25, 0.3) is 10.1 Å². The molecule has 0 spiro atoms. The zero-order valence-corrected chi connectivity index (χ0v) is 9.49. The van der Waals surface area contributed by atoms with Crippen molar-refractivity contribution in [2.24, 2.45) is 0 Å². The van der Waals surface area contributed by atoms with E-state index in [0.717, 1.165) is 11.8 Å². The van der Waals surface area contributed by atoms with Gasteiger partial charge in [-0.1, -0.05) is 0 Å². The van der Waals surface area contributed by atoms with Crippen molar-refractivity contribution in [2.45, 2.75) is 19.4 Å². The Labute approximate surface area is 89.4 Å². The number of nitrogen functional groups attached to an aromatic ring is 1. The average molecular weight is 230 g/mol. The van der Waals surface area contributed by atoms with Gasteiger partial charge < -0.3 is 5.73 Å². The molecule has 5 nitrogen and oxygen atoms in total. The van der Waals surface area contributed by atoms with Gasteiger partial charge in [0.2, 0.25) is 0 Å². The van der Waals surface area contributed by atoms with E-state index in [1.54, 1.807) is 25.4 Å². The highest BCUT2D eigenvalue weighted by atomic mass is 32.2. The second kappa shape index (κ2) is 4.59. The first-order valence-corrected chi connectivity index (χ1v) is 6.27. The fraction of sp³-hybridized carbons (Fsp3) is 0.444.